The molecule has 0 bridgehead atoms. The average Bonchev–Trinajstić information content (AvgIpc) is 2.76. The zero-order chi connectivity index (χ0) is 26.6. The van der Waals surface area contributed by atoms with Gasteiger partial charge in [0.2, 0.25) is 0 Å². The molecule has 0 radical (unpaired) electrons. The molecule has 12 heteroatoms. The number of carboxylic acid groups (broad SMARTS) is 1. The number of nitrogens with zero attached hydrogens (tertiary/aromatic N) is 2. The predicted octanol–water partition coefficient (Wildman–Crippen LogP) is 5.84. The van der Waals surface area contributed by atoms with Gasteiger partial charge in [0.25, 0.3) is 5.69 Å². The molecule has 0 saturated carbocycles. The third-order valence-corrected chi connectivity index (χ3v) is 5.99. The number of benzene rings is 2. The molecule has 1 aliphatic rings. The average molecular weight is 508 g/mol. The van der Waals surface area contributed by atoms with Crippen LogP contribution in [0.3, 0.4) is 0 Å². The summed E-state index contributed by atoms with van der Waals surface area (Å²) in [5.74, 6) is -3.19. The highest BCUT2D eigenvalue weighted by atomic mass is 19.4. The molecule has 3 rings (SSSR count). The van der Waals surface area contributed by atoms with Gasteiger partial charge in [0.15, 0.2) is 0 Å². The normalized spacial score (nSPS) is 18.9. The van der Waals surface area contributed by atoms with E-state index in [9.17, 15) is 32.9 Å². The van der Waals surface area contributed by atoms with E-state index in [4.69, 9.17) is 5.11 Å². The van der Waals surface area contributed by atoms with Gasteiger partial charge in [0.05, 0.1) is 28.6 Å². The molecular weight excluding hydrogens is 481 g/mol. The third-order valence-electron chi connectivity index (χ3n) is 5.99. The lowest BCUT2D eigenvalue weighted by Crippen LogP contribution is -2.39. The fourth-order valence-corrected chi connectivity index (χ4v) is 4.55. The first-order valence-corrected chi connectivity index (χ1v) is 11.3. The fraction of sp³-hybridized carbons (Fsp3) is 0.417. The highest BCUT2D eigenvalue weighted by molar-refractivity contribution is 6.02. The molecule has 1 aliphatic heterocycles. The molecule has 3 unspecified atom stereocenters. The maximum absolute atomic E-state index is 13.7. The predicted molar refractivity (Wildman–Crippen MR) is 128 cm³/mol. The number of piperidine rings is 1. The number of halogens is 3. The summed E-state index contributed by atoms with van der Waals surface area (Å²) < 4.78 is 41.0. The molecule has 2 aromatic rings. The van der Waals surface area contributed by atoms with Crippen LogP contribution in [-0.4, -0.2) is 41.3 Å². The van der Waals surface area contributed by atoms with Gasteiger partial charge in [0.1, 0.15) is 0 Å². The van der Waals surface area contributed by atoms with E-state index in [0.29, 0.717) is 30.6 Å². The van der Waals surface area contributed by atoms with Gasteiger partial charge in [-0.2, -0.15) is 13.2 Å². The van der Waals surface area contributed by atoms with Gasteiger partial charge in [-0.15, -0.1) is 0 Å². The van der Waals surface area contributed by atoms with Crippen LogP contribution >= 0.6 is 0 Å². The number of carbonyl (C=O) groups is 2. The van der Waals surface area contributed by atoms with Crippen molar-refractivity contribution in [2.45, 2.75) is 38.8 Å². The Hall–Kier alpha value is -3.83. The first kappa shape index (κ1) is 26.8. The second kappa shape index (κ2) is 10.8. The van der Waals surface area contributed by atoms with E-state index in [1.165, 1.54) is 36.4 Å². The van der Waals surface area contributed by atoms with Crippen molar-refractivity contribution in [2.75, 3.05) is 28.6 Å². The zero-order valence-electron chi connectivity index (χ0n) is 19.7. The number of nitro groups is 1. The first-order chi connectivity index (χ1) is 16.8. The summed E-state index contributed by atoms with van der Waals surface area (Å²) in [4.78, 5) is 36.1. The number of carbonyl (C=O) groups excluding carboxylic acids is 1. The van der Waals surface area contributed by atoms with E-state index in [2.05, 4.69) is 24.5 Å². The quantitative estimate of drug-likeness (QED) is 0.319. The Morgan fingerprint density at radius 2 is 1.72 bits per heavy atom. The van der Waals surface area contributed by atoms with Crippen LogP contribution in [0.15, 0.2) is 42.5 Å². The summed E-state index contributed by atoms with van der Waals surface area (Å²) in [7, 11) is 0. The fourth-order valence-electron chi connectivity index (χ4n) is 4.55. The molecule has 9 nitrogen and oxygen atoms in total. The second-order valence-corrected chi connectivity index (χ2v) is 9.20. The van der Waals surface area contributed by atoms with Crippen molar-refractivity contribution in [3.63, 3.8) is 0 Å². The van der Waals surface area contributed by atoms with Gasteiger partial charge < -0.3 is 20.6 Å². The van der Waals surface area contributed by atoms with E-state index in [1.807, 2.05) is 4.90 Å². The number of urea groups is 1. The third kappa shape index (κ3) is 6.86. The number of nitrogens with one attached hydrogen (secondary N) is 2. The summed E-state index contributed by atoms with van der Waals surface area (Å²) in [6, 6.07) is 8.20. The van der Waals surface area contributed by atoms with Crippen LogP contribution in [0.2, 0.25) is 0 Å². The van der Waals surface area contributed by atoms with Gasteiger partial charge in [-0.05, 0) is 48.1 Å². The smallest absolute Gasteiger partial charge is 0.396 e. The van der Waals surface area contributed by atoms with E-state index in [1.54, 1.807) is 0 Å². The number of nitro benzene ring substituents is 1. The van der Waals surface area contributed by atoms with E-state index in [-0.39, 0.29) is 22.6 Å². The molecule has 0 aromatic heterocycles. The summed E-state index contributed by atoms with van der Waals surface area (Å²) >= 11 is 0. The lowest BCUT2D eigenvalue weighted by molar-refractivity contribution is -0.384. The maximum atomic E-state index is 13.7. The van der Waals surface area contributed by atoms with Crippen LogP contribution < -0.4 is 15.5 Å². The molecule has 3 atom stereocenters. The Morgan fingerprint density at radius 1 is 1.11 bits per heavy atom. The number of rotatable bonds is 7. The van der Waals surface area contributed by atoms with E-state index in [0.717, 1.165) is 12.5 Å². The van der Waals surface area contributed by atoms with Crippen molar-refractivity contribution in [1.82, 2.24) is 0 Å². The molecular formula is C24H27F3N4O5. The van der Waals surface area contributed by atoms with Crippen molar-refractivity contribution in [3.8, 4) is 0 Å². The number of amides is 2. The molecule has 194 valence electrons. The van der Waals surface area contributed by atoms with Crippen molar-refractivity contribution in [1.29, 1.82) is 0 Å². The van der Waals surface area contributed by atoms with Gasteiger partial charge >= 0.3 is 18.2 Å². The Labute approximate surface area is 205 Å². The lowest BCUT2D eigenvalue weighted by Gasteiger charge is -2.37. The van der Waals surface area contributed by atoms with E-state index >= 15 is 0 Å². The Morgan fingerprint density at radius 3 is 2.25 bits per heavy atom. The molecule has 1 fully saturated rings. The molecule has 0 spiro atoms. The minimum atomic E-state index is -4.80. The van der Waals surface area contributed by atoms with Crippen molar-refractivity contribution in [2.24, 2.45) is 11.8 Å². The van der Waals surface area contributed by atoms with Crippen molar-refractivity contribution in [3.05, 3.63) is 58.1 Å². The zero-order valence-corrected chi connectivity index (χ0v) is 19.7. The van der Waals surface area contributed by atoms with Gasteiger partial charge in [0, 0.05) is 30.9 Å². The molecule has 0 aliphatic carbocycles. The van der Waals surface area contributed by atoms with Crippen LogP contribution in [0.5, 0.6) is 0 Å². The molecule has 36 heavy (non-hydrogen) atoms. The standard InChI is InChI=1S/C24H27F3N4O5/c1-14-9-15(2)13-30(12-14)21-8-3-16(19(11-22(32)33)24(25,26)27)10-20(21)29-23(34)28-17-4-6-18(7-5-17)31(35)36/h3-8,10,14-15,19H,9,11-13H2,1-2H3,(H,32,33)(H2,28,29,34). The van der Waals surface area contributed by atoms with Gasteiger partial charge in [-0.1, -0.05) is 19.9 Å². The molecule has 3 N–H and O–H groups in total. The molecule has 2 amide bonds. The van der Waals surface area contributed by atoms with Crippen molar-refractivity contribution < 1.29 is 32.8 Å². The monoisotopic (exact) mass is 508 g/mol. The molecule has 1 heterocycles. The number of aliphatic carboxylic acids is 1. The Kier molecular flexibility index (Phi) is 8.06. The highest BCUT2D eigenvalue weighted by Gasteiger charge is 2.42. The number of non-ortho nitro benzene ring substituents is 1. The summed E-state index contributed by atoms with van der Waals surface area (Å²) in [5.41, 5.74) is 0.425. The van der Waals surface area contributed by atoms with Crippen LogP contribution in [0.25, 0.3) is 0 Å². The summed E-state index contributed by atoms with van der Waals surface area (Å²) in [6.07, 6.45) is -4.95. The number of hydrogen-bond acceptors (Lipinski definition) is 5. The lowest BCUT2D eigenvalue weighted by atomic mass is 9.90. The van der Waals surface area contributed by atoms with E-state index < -0.39 is 35.4 Å². The minimum Gasteiger partial charge on any atom is -0.481 e. The minimum absolute atomic E-state index is 0.104. The topological polar surface area (TPSA) is 125 Å². The van der Waals surface area contributed by atoms with Crippen LogP contribution in [-0.2, 0) is 4.79 Å². The number of alkyl halides is 3. The number of carboxylic acids is 1. The van der Waals surface area contributed by atoms with Crippen LogP contribution in [0, 0.1) is 22.0 Å². The maximum Gasteiger partial charge on any atom is 0.396 e. The second-order valence-electron chi connectivity index (χ2n) is 9.20. The number of anilines is 3. The highest BCUT2D eigenvalue weighted by Crippen LogP contribution is 2.41. The largest absolute Gasteiger partial charge is 0.481 e. The van der Waals surface area contributed by atoms with Crippen LogP contribution in [0.4, 0.5) is 40.7 Å². The Balaban J connectivity index is 1.94. The van der Waals surface area contributed by atoms with Crippen molar-refractivity contribution >= 4 is 34.7 Å². The molecule has 2 aromatic carbocycles. The molecule has 1 saturated heterocycles. The van der Waals surface area contributed by atoms with Gasteiger partial charge in [-0.3, -0.25) is 14.9 Å². The number of hydrogen-bond donors (Lipinski definition) is 3. The van der Waals surface area contributed by atoms with Crippen LogP contribution in [0.1, 0.15) is 38.2 Å². The van der Waals surface area contributed by atoms with Gasteiger partial charge in [-0.25, -0.2) is 4.79 Å². The SMILES string of the molecule is CC1CC(C)CN(c2ccc(C(CC(=O)O)C(F)(F)F)cc2NC(=O)Nc2ccc([N+](=O)[O-])cc2)C1. The summed E-state index contributed by atoms with van der Waals surface area (Å²) in [5, 5.41) is 24.9. The first-order valence-electron chi connectivity index (χ1n) is 11.3. The summed E-state index contributed by atoms with van der Waals surface area (Å²) in [6.45, 7) is 5.41. The Bertz CT molecular complexity index is 1110.